The largest absolute Gasteiger partial charge is 0.488 e. The maximum absolute atomic E-state index is 12.5. The SMILES string of the molecule is CO[C@H](C(=O)N[C@H](C)[C@H]1Cc2ccccc2O1)c1ccccc1. The summed E-state index contributed by atoms with van der Waals surface area (Å²) >= 11 is 0. The lowest BCUT2D eigenvalue weighted by Gasteiger charge is -2.23. The molecule has 0 saturated carbocycles. The van der Waals surface area contributed by atoms with Gasteiger partial charge in [0, 0.05) is 13.5 Å². The molecule has 120 valence electrons. The number of nitrogens with one attached hydrogen (secondary N) is 1. The molecule has 3 atom stereocenters. The molecule has 4 heteroatoms. The predicted molar refractivity (Wildman–Crippen MR) is 88.4 cm³/mol. The normalized spacial score (nSPS) is 18.6. The lowest BCUT2D eigenvalue weighted by atomic mass is 10.0. The molecule has 23 heavy (non-hydrogen) atoms. The molecule has 2 aromatic rings. The molecule has 1 N–H and O–H groups in total. The summed E-state index contributed by atoms with van der Waals surface area (Å²) in [5, 5.41) is 3.02. The molecule has 0 aromatic heterocycles. The topological polar surface area (TPSA) is 47.6 Å². The zero-order valence-electron chi connectivity index (χ0n) is 13.4. The summed E-state index contributed by atoms with van der Waals surface area (Å²) in [6, 6.07) is 17.4. The highest BCUT2D eigenvalue weighted by Crippen LogP contribution is 2.29. The number of hydrogen-bond acceptors (Lipinski definition) is 3. The number of ether oxygens (including phenoxy) is 2. The summed E-state index contributed by atoms with van der Waals surface area (Å²) in [5.41, 5.74) is 2.03. The van der Waals surface area contributed by atoms with Crippen LogP contribution in [0.15, 0.2) is 54.6 Å². The van der Waals surface area contributed by atoms with Gasteiger partial charge >= 0.3 is 0 Å². The van der Waals surface area contributed by atoms with Crippen molar-refractivity contribution in [1.82, 2.24) is 5.32 Å². The van der Waals surface area contributed by atoms with E-state index in [4.69, 9.17) is 9.47 Å². The second kappa shape index (κ2) is 6.84. The molecule has 0 fully saturated rings. The van der Waals surface area contributed by atoms with Gasteiger partial charge in [-0.15, -0.1) is 0 Å². The highest BCUT2D eigenvalue weighted by molar-refractivity contribution is 5.82. The maximum atomic E-state index is 12.5. The first-order valence-corrected chi connectivity index (χ1v) is 7.81. The van der Waals surface area contributed by atoms with Crippen LogP contribution in [0.25, 0.3) is 0 Å². The highest BCUT2D eigenvalue weighted by atomic mass is 16.5. The van der Waals surface area contributed by atoms with Crippen molar-refractivity contribution in [3.05, 3.63) is 65.7 Å². The van der Waals surface area contributed by atoms with Gasteiger partial charge in [-0.05, 0) is 24.1 Å². The Morgan fingerprint density at radius 3 is 2.57 bits per heavy atom. The molecule has 0 aliphatic carbocycles. The Labute approximate surface area is 136 Å². The van der Waals surface area contributed by atoms with E-state index in [0.717, 1.165) is 17.7 Å². The average molecular weight is 311 g/mol. The minimum atomic E-state index is -0.609. The van der Waals surface area contributed by atoms with E-state index < -0.39 is 6.10 Å². The van der Waals surface area contributed by atoms with Crippen molar-refractivity contribution in [3.63, 3.8) is 0 Å². The first-order chi connectivity index (χ1) is 11.2. The average Bonchev–Trinajstić information content (AvgIpc) is 3.01. The van der Waals surface area contributed by atoms with Gasteiger partial charge in [-0.1, -0.05) is 48.5 Å². The summed E-state index contributed by atoms with van der Waals surface area (Å²) in [4.78, 5) is 12.5. The minimum Gasteiger partial charge on any atom is -0.488 e. The molecule has 0 unspecified atom stereocenters. The van der Waals surface area contributed by atoms with Gasteiger partial charge in [0.25, 0.3) is 5.91 Å². The third-order valence-corrected chi connectivity index (χ3v) is 4.18. The van der Waals surface area contributed by atoms with E-state index >= 15 is 0 Å². The molecule has 3 rings (SSSR count). The third-order valence-electron chi connectivity index (χ3n) is 4.18. The van der Waals surface area contributed by atoms with Gasteiger partial charge in [-0.25, -0.2) is 0 Å². The first kappa shape index (κ1) is 15.6. The number of benzene rings is 2. The number of methoxy groups -OCH3 is 1. The van der Waals surface area contributed by atoms with Crippen molar-refractivity contribution >= 4 is 5.91 Å². The van der Waals surface area contributed by atoms with Crippen LogP contribution in [0.2, 0.25) is 0 Å². The fourth-order valence-electron chi connectivity index (χ4n) is 2.90. The van der Waals surface area contributed by atoms with Crippen LogP contribution in [-0.2, 0) is 16.0 Å². The smallest absolute Gasteiger partial charge is 0.254 e. The summed E-state index contributed by atoms with van der Waals surface area (Å²) in [6.07, 6.45) is 0.146. The Balaban J connectivity index is 1.64. The lowest BCUT2D eigenvalue weighted by molar-refractivity contribution is -0.132. The Hall–Kier alpha value is -2.33. The first-order valence-electron chi connectivity index (χ1n) is 7.81. The van der Waals surface area contributed by atoms with E-state index in [0.29, 0.717) is 0 Å². The minimum absolute atomic E-state index is 0.0513. The fraction of sp³-hybridized carbons (Fsp3) is 0.316. The van der Waals surface area contributed by atoms with Crippen molar-refractivity contribution in [2.45, 2.75) is 31.6 Å². The van der Waals surface area contributed by atoms with Crippen LogP contribution in [0.1, 0.15) is 24.2 Å². The molecule has 1 amide bonds. The molecule has 1 aliphatic rings. The molecule has 0 radical (unpaired) electrons. The number of hydrogen-bond donors (Lipinski definition) is 1. The van der Waals surface area contributed by atoms with Gasteiger partial charge in [0.2, 0.25) is 0 Å². The van der Waals surface area contributed by atoms with Crippen molar-refractivity contribution in [2.75, 3.05) is 7.11 Å². The van der Waals surface area contributed by atoms with Crippen molar-refractivity contribution in [2.24, 2.45) is 0 Å². The molecular weight excluding hydrogens is 290 g/mol. The second-order valence-corrected chi connectivity index (χ2v) is 5.79. The number of rotatable bonds is 5. The molecule has 2 aromatic carbocycles. The molecule has 0 saturated heterocycles. The third kappa shape index (κ3) is 3.37. The van der Waals surface area contributed by atoms with E-state index in [-0.39, 0.29) is 18.1 Å². The molecular formula is C19H21NO3. The Morgan fingerprint density at radius 2 is 1.87 bits per heavy atom. The quantitative estimate of drug-likeness (QED) is 0.923. The number of carbonyl (C=O) groups is 1. The van der Waals surface area contributed by atoms with Crippen LogP contribution in [0.5, 0.6) is 5.75 Å². The Bertz CT molecular complexity index is 646. The van der Waals surface area contributed by atoms with E-state index in [1.165, 1.54) is 5.56 Å². The predicted octanol–water partition coefficient (Wildman–Crippen LogP) is 2.88. The standard InChI is InChI=1S/C19H21NO3/c1-13(17-12-15-10-6-7-11-16(15)23-17)20-19(21)18(22-2)14-8-4-3-5-9-14/h3-11,13,17-18H,12H2,1-2H3,(H,20,21)/t13-,17-,18+/m1/s1. The summed E-state index contributed by atoms with van der Waals surface area (Å²) in [6.45, 7) is 1.96. The number of para-hydroxylation sites is 1. The van der Waals surface area contributed by atoms with Crippen molar-refractivity contribution in [1.29, 1.82) is 0 Å². The lowest BCUT2D eigenvalue weighted by Crippen LogP contribution is -2.45. The van der Waals surface area contributed by atoms with Crippen LogP contribution in [0, 0.1) is 0 Å². The fourth-order valence-corrected chi connectivity index (χ4v) is 2.90. The Kier molecular flexibility index (Phi) is 4.63. The van der Waals surface area contributed by atoms with Gasteiger partial charge in [-0.2, -0.15) is 0 Å². The molecule has 1 heterocycles. The van der Waals surface area contributed by atoms with Crippen LogP contribution < -0.4 is 10.1 Å². The zero-order valence-corrected chi connectivity index (χ0v) is 13.4. The van der Waals surface area contributed by atoms with Gasteiger partial charge in [0.15, 0.2) is 6.10 Å². The zero-order chi connectivity index (χ0) is 16.2. The van der Waals surface area contributed by atoms with Gasteiger partial charge in [0.05, 0.1) is 6.04 Å². The maximum Gasteiger partial charge on any atom is 0.254 e. The van der Waals surface area contributed by atoms with Crippen molar-refractivity contribution < 1.29 is 14.3 Å². The highest BCUT2D eigenvalue weighted by Gasteiger charge is 2.30. The van der Waals surface area contributed by atoms with E-state index in [2.05, 4.69) is 11.4 Å². The summed E-state index contributed by atoms with van der Waals surface area (Å²) < 4.78 is 11.3. The van der Waals surface area contributed by atoms with Gasteiger partial charge in [-0.3, -0.25) is 4.79 Å². The summed E-state index contributed by atoms with van der Waals surface area (Å²) in [7, 11) is 1.55. The van der Waals surface area contributed by atoms with Crippen LogP contribution in [0.3, 0.4) is 0 Å². The summed E-state index contributed by atoms with van der Waals surface area (Å²) in [5.74, 6) is 0.760. The molecule has 4 nitrogen and oxygen atoms in total. The van der Waals surface area contributed by atoms with Crippen molar-refractivity contribution in [3.8, 4) is 5.75 Å². The van der Waals surface area contributed by atoms with Gasteiger partial charge in [0.1, 0.15) is 11.9 Å². The van der Waals surface area contributed by atoms with E-state index in [9.17, 15) is 4.79 Å². The Morgan fingerprint density at radius 1 is 1.17 bits per heavy atom. The van der Waals surface area contributed by atoms with Gasteiger partial charge < -0.3 is 14.8 Å². The number of fused-ring (bicyclic) bond motifs is 1. The molecule has 0 spiro atoms. The monoisotopic (exact) mass is 311 g/mol. The number of amides is 1. The van der Waals surface area contributed by atoms with Crippen LogP contribution in [0.4, 0.5) is 0 Å². The van der Waals surface area contributed by atoms with E-state index in [1.54, 1.807) is 7.11 Å². The number of carbonyl (C=O) groups excluding carboxylic acids is 1. The van der Waals surface area contributed by atoms with E-state index in [1.807, 2.05) is 55.5 Å². The van der Waals surface area contributed by atoms with Crippen LogP contribution >= 0.6 is 0 Å². The van der Waals surface area contributed by atoms with Crippen LogP contribution in [-0.4, -0.2) is 25.2 Å². The molecule has 1 aliphatic heterocycles. The molecule has 0 bridgehead atoms. The second-order valence-electron chi connectivity index (χ2n) is 5.79.